The van der Waals surface area contributed by atoms with Crippen LogP contribution in [0.3, 0.4) is 0 Å². The first-order chi connectivity index (χ1) is 13.8. The number of carbonyl (C=O) groups excluding carboxylic acids is 1. The van der Waals surface area contributed by atoms with Crippen LogP contribution in [0.25, 0.3) is 5.69 Å². The van der Waals surface area contributed by atoms with Crippen molar-refractivity contribution in [2.45, 2.75) is 33.7 Å². The van der Waals surface area contributed by atoms with E-state index in [0.717, 1.165) is 33.8 Å². The van der Waals surface area contributed by atoms with E-state index in [-0.39, 0.29) is 17.9 Å². The van der Waals surface area contributed by atoms with Crippen molar-refractivity contribution in [3.05, 3.63) is 82.2 Å². The lowest BCUT2D eigenvalue weighted by molar-refractivity contribution is -0.129. The van der Waals surface area contributed by atoms with Gasteiger partial charge < -0.3 is 10.0 Å². The fourth-order valence-corrected chi connectivity index (χ4v) is 3.34. The number of hydrogen-bond acceptors (Lipinski definition) is 3. The zero-order chi connectivity index (χ0) is 21.1. The average molecular weight is 391 g/mol. The molecule has 1 amide bonds. The van der Waals surface area contributed by atoms with Crippen LogP contribution in [0.15, 0.2) is 48.5 Å². The molecule has 0 bridgehead atoms. The van der Waals surface area contributed by atoms with Crippen molar-refractivity contribution in [1.29, 1.82) is 0 Å². The van der Waals surface area contributed by atoms with E-state index < -0.39 is 5.97 Å². The summed E-state index contributed by atoms with van der Waals surface area (Å²) < 4.78 is 1.93. The molecule has 0 spiro atoms. The van der Waals surface area contributed by atoms with Crippen molar-refractivity contribution in [2.75, 3.05) is 7.05 Å². The summed E-state index contributed by atoms with van der Waals surface area (Å²) in [6.07, 6.45) is 0.223. The second kappa shape index (κ2) is 8.31. The van der Waals surface area contributed by atoms with Crippen LogP contribution in [0.5, 0.6) is 0 Å². The Morgan fingerprint density at radius 3 is 2.31 bits per heavy atom. The fraction of sp³-hybridized carbons (Fsp3) is 0.261. The molecule has 1 N–H and O–H groups in total. The summed E-state index contributed by atoms with van der Waals surface area (Å²) in [6.45, 7) is 6.50. The first kappa shape index (κ1) is 20.3. The van der Waals surface area contributed by atoms with Crippen LogP contribution in [0.2, 0.25) is 0 Å². The van der Waals surface area contributed by atoms with Gasteiger partial charge in [-0.2, -0.15) is 5.10 Å². The molecule has 6 nitrogen and oxygen atoms in total. The van der Waals surface area contributed by atoms with E-state index >= 15 is 0 Å². The van der Waals surface area contributed by atoms with Crippen LogP contribution in [-0.4, -0.2) is 38.7 Å². The summed E-state index contributed by atoms with van der Waals surface area (Å²) in [6, 6.07) is 14.5. The third kappa shape index (κ3) is 4.37. The molecule has 0 fully saturated rings. The lowest BCUT2D eigenvalue weighted by Gasteiger charge is -2.18. The van der Waals surface area contributed by atoms with E-state index in [4.69, 9.17) is 5.11 Å². The fourth-order valence-electron chi connectivity index (χ4n) is 3.34. The van der Waals surface area contributed by atoms with Crippen molar-refractivity contribution in [2.24, 2.45) is 0 Å². The highest BCUT2D eigenvalue weighted by Crippen LogP contribution is 2.21. The number of hydrogen-bond donors (Lipinski definition) is 1. The maximum atomic E-state index is 12.7. The van der Waals surface area contributed by atoms with Crippen LogP contribution < -0.4 is 0 Å². The van der Waals surface area contributed by atoms with Crippen LogP contribution in [0.1, 0.15) is 38.4 Å². The molecule has 29 heavy (non-hydrogen) atoms. The molecule has 0 aliphatic heterocycles. The third-order valence-corrected chi connectivity index (χ3v) is 5.16. The number of carbonyl (C=O) groups is 2. The van der Waals surface area contributed by atoms with Gasteiger partial charge in [0.25, 0.3) is 0 Å². The zero-order valence-corrected chi connectivity index (χ0v) is 17.1. The van der Waals surface area contributed by atoms with Crippen molar-refractivity contribution in [1.82, 2.24) is 14.7 Å². The molecule has 0 aliphatic rings. The van der Waals surface area contributed by atoms with Gasteiger partial charge in [0, 0.05) is 24.8 Å². The van der Waals surface area contributed by atoms with Gasteiger partial charge in [0.2, 0.25) is 5.91 Å². The predicted molar refractivity (Wildman–Crippen MR) is 111 cm³/mol. The van der Waals surface area contributed by atoms with Gasteiger partial charge in [0.15, 0.2) is 0 Å². The van der Waals surface area contributed by atoms with Crippen molar-refractivity contribution >= 4 is 11.9 Å². The Balaban J connectivity index is 1.75. The number of carboxylic acids is 1. The smallest absolute Gasteiger partial charge is 0.335 e. The minimum Gasteiger partial charge on any atom is -0.478 e. The number of carboxylic acid groups (broad SMARTS) is 1. The molecule has 0 radical (unpaired) electrons. The molecule has 1 heterocycles. The van der Waals surface area contributed by atoms with Crippen LogP contribution in [0.4, 0.5) is 0 Å². The molecule has 0 atom stereocenters. The van der Waals surface area contributed by atoms with Gasteiger partial charge in [-0.05, 0) is 50.1 Å². The Morgan fingerprint density at radius 1 is 1.03 bits per heavy atom. The molecule has 0 unspecified atom stereocenters. The molecule has 3 rings (SSSR count). The van der Waals surface area contributed by atoms with Crippen molar-refractivity contribution in [3.8, 4) is 5.69 Å². The Hall–Kier alpha value is -3.41. The maximum Gasteiger partial charge on any atom is 0.335 e. The van der Waals surface area contributed by atoms with Gasteiger partial charge >= 0.3 is 5.97 Å². The molecule has 6 heteroatoms. The van der Waals surface area contributed by atoms with E-state index in [9.17, 15) is 9.59 Å². The predicted octanol–water partition coefficient (Wildman–Crippen LogP) is 3.70. The van der Waals surface area contributed by atoms with Gasteiger partial charge in [-0.1, -0.05) is 30.3 Å². The molecule has 2 aromatic carbocycles. The lowest BCUT2D eigenvalue weighted by atomic mass is 10.1. The standard InChI is InChI=1S/C23H25N3O3/c1-15-7-5-6-8-21(15)26-17(3)20(16(2)24-26)14-25(4)22(27)13-18-9-11-19(12-10-18)23(28)29/h5-12H,13-14H2,1-4H3,(H,28,29). The molecular weight excluding hydrogens is 366 g/mol. The quantitative estimate of drug-likeness (QED) is 0.695. The molecule has 1 aromatic heterocycles. The van der Waals surface area contributed by atoms with E-state index in [2.05, 4.69) is 18.1 Å². The number of aromatic nitrogens is 2. The first-order valence-corrected chi connectivity index (χ1v) is 9.45. The van der Waals surface area contributed by atoms with Crippen LogP contribution in [0, 0.1) is 20.8 Å². The topological polar surface area (TPSA) is 75.4 Å². The molecule has 0 saturated heterocycles. The summed E-state index contributed by atoms with van der Waals surface area (Å²) >= 11 is 0. The summed E-state index contributed by atoms with van der Waals surface area (Å²) in [5, 5.41) is 13.7. The Kier molecular flexibility index (Phi) is 5.82. The number of aromatic carboxylic acids is 1. The number of likely N-dealkylation sites (N-methyl/N-ethyl adjacent to an activating group) is 1. The van der Waals surface area contributed by atoms with Crippen molar-refractivity contribution in [3.63, 3.8) is 0 Å². The summed E-state index contributed by atoms with van der Waals surface area (Å²) in [4.78, 5) is 25.3. The van der Waals surface area contributed by atoms with Gasteiger partial charge in [-0.3, -0.25) is 4.79 Å². The number of amides is 1. The minimum absolute atomic E-state index is 0.0319. The highest BCUT2D eigenvalue weighted by molar-refractivity contribution is 5.87. The summed E-state index contributed by atoms with van der Waals surface area (Å²) in [5.74, 6) is -1.01. The summed E-state index contributed by atoms with van der Waals surface area (Å²) in [7, 11) is 1.78. The number of rotatable bonds is 6. The lowest BCUT2D eigenvalue weighted by Crippen LogP contribution is -2.28. The zero-order valence-electron chi connectivity index (χ0n) is 17.1. The molecular formula is C23H25N3O3. The van der Waals surface area contributed by atoms with Crippen LogP contribution in [-0.2, 0) is 17.8 Å². The Morgan fingerprint density at radius 2 is 1.69 bits per heavy atom. The number of para-hydroxylation sites is 1. The molecule has 0 saturated carbocycles. The van der Waals surface area contributed by atoms with Gasteiger partial charge in [-0.15, -0.1) is 0 Å². The third-order valence-electron chi connectivity index (χ3n) is 5.16. The number of nitrogens with zero attached hydrogens (tertiary/aromatic N) is 3. The van der Waals surface area contributed by atoms with E-state index in [0.29, 0.717) is 6.54 Å². The average Bonchev–Trinajstić information content (AvgIpc) is 2.96. The Bertz CT molecular complexity index is 1050. The number of benzene rings is 2. The second-order valence-electron chi connectivity index (χ2n) is 7.28. The molecule has 0 aliphatic carbocycles. The van der Waals surface area contributed by atoms with Gasteiger partial charge in [0.1, 0.15) is 0 Å². The van der Waals surface area contributed by atoms with Gasteiger partial charge in [-0.25, -0.2) is 9.48 Å². The van der Waals surface area contributed by atoms with Crippen LogP contribution >= 0.6 is 0 Å². The normalized spacial score (nSPS) is 10.8. The largest absolute Gasteiger partial charge is 0.478 e. The van der Waals surface area contributed by atoms with E-state index in [1.165, 1.54) is 12.1 Å². The Labute approximate surface area is 170 Å². The van der Waals surface area contributed by atoms with E-state index in [1.54, 1.807) is 24.1 Å². The molecule has 3 aromatic rings. The monoisotopic (exact) mass is 391 g/mol. The van der Waals surface area contributed by atoms with Crippen molar-refractivity contribution < 1.29 is 14.7 Å². The first-order valence-electron chi connectivity index (χ1n) is 9.45. The molecule has 150 valence electrons. The SMILES string of the molecule is Cc1ccccc1-n1nc(C)c(CN(C)C(=O)Cc2ccc(C(=O)O)cc2)c1C. The highest BCUT2D eigenvalue weighted by Gasteiger charge is 2.18. The maximum absolute atomic E-state index is 12.7. The van der Waals surface area contributed by atoms with E-state index in [1.807, 2.05) is 36.7 Å². The minimum atomic E-state index is -0.975. The summed E-state index contributed by atoms with van der Waals surface area (Å²) in [5.41, 5.74) is 6.12. The van der Waals surface area contributed by atoms with Gasteiger partial charge in [0.05, 0.1) is 23.4 Å². The number of aryl methyl sites for hydroxylation is 2. The second-order valence-corrected chi connectivity index (χ2v) is 7.28. The highest BCUT2D eigenvalue weighted by atomic mass is 16.4.